The van der Waals surface area contributed by atoms with Gasteiger partial charge in [0.2, 0.25) is 10.0 Å². The molecular formula is C26H27NO3S. The predicted octanol–water partition coefficient (Wildman–Crippen LogP) is 4.92. The van der Waals surface area contributed by atoms with E-state index in [0.717, 1.165) is 23.1 Å². The number of aryl methyl sites for hydroxylation is 1. The summed E-state index contributed by atoms with van der Waals surface area (Å²) < 4.78 is 35.1. The average Bonchev–Trinajstić information content (AvgIpc) is 3.22. The number of hydrogen-bond acceptors (Lipinski definition) is 3. The highest BCUT2D eigenvalue weighted by molar-refractivity contribution is 7.89. The number of nitrogens with one attached hydrogen (secondary N) is 1. The van der Waals surface area contributed by atoms with Crippen LogP contribution < -0.4 is 4.72 Å². The summed E-state index contributed by atoms with van der Waals surface area (Å²) in [5.41, 5.74) is 2.34. The van der Waals surface area contributed by atoms with E-state index in [4.69, 9.17) is 4.74 Å². The van der Waals surface area contributed by atoms with Crippen LogP contribution in [0.25, 0.3) is 6.08 Å². The van der Waals surface area contributed by atoms with Crippen molar-refractivity contribution in [3.63, 3.8) is 0 Å². The molecule has 31 heavy (non-hydrogen) atoms. The topological polar surface area (TPSA) is 55.4 Å². The zero-order valence-corrected chi connectivity index (χ0v) is 18.4. The molecule has 5 heteroatoms. The minimum absolute atomic E-state index is 0.0378. The van der Waals surface area contributed by atoms with Crippen LogP contribution in [-0.4, -0.2) is 21.6 Å². The van der Waals surface area contributed by atoms with Gasteiger partial charge in [-0.25, -0.2) is 13.1 Å². The lowest BCUT2D eigenvalue weighted by Crippen LogP contribution is -2.44. The van der Waals surface area contributed by atoms with Gasteiger partial charge in [-0.1, -0.05) is 90.5 Å². The van der Waals surface area contributed by atoms with Gasteiger partial charge in [0.05, 0.1) is 4.90 Å². The summed E-state index contributed by atoms with van der Waals surface area (Å²) >= 11 is 0. The highest BCUT2D eigenvalue weighted by Gasteiger charge is 2.45. The lowest BCUT2D eigenvalue weighted by atomic mass is 9.81. The van der Waals surface area contributed by atoms with Gasteiger partial charge in [0.15, 0.2) is 0 Å². The fourth-order valence-corrected chi connectivity index (χ4v) is 5.12. The second kappa shape index (κ2) is 9.18. The Hall–Kier alpha value is -2.73. The summed E-state index contributed by atoms with van der Waals surface area (Å²) in [6.45, 7) is 2.67. The van der Waals surface area contributed by atoms with E-state index in [-0.39, 0.29) is 17.4 Å². The fraction of sp³-hybridized carbons (Fsp3) is 0.231. The zero-order chi connectivity index (χ0) is 21.7. The van der Waals surface area contributed by atoms with Crippen LogP contribution >= 0.6 is 0 Å². The first-order chi connectivity index (χ1) is 15.0. The quantitative estimate of drug-likeness (QED) is 0.575. The van der Waals surface area contributed by atoms with Gasteiger partial charge in [-0.05, 0) is 36.6 Å². The number of sulfonamides is 1. The van der Waals surface area contributed by atoms with Crippen LogP contribution in [0.1, 0.15) is 23.1 Å². The van der Waals surface area contributed by atoms with Crippen LogP contribution in [0.15, 0.2) is 95.9 Å². The van der Waals surface area contributed by atoms with Crippen molar-refractivity contribution in [1.29, 1.82) is 0 Å². The predicted molar refractivity (Wildman–Crippen MR) is 124 cm³/mol. The van der Waals surface area contributed by atoms with E-state index in [1.807, 2.05) is 55.5 Å². The molecule has 0 saturated carbocycles. The lowest BCUT2D eigenvalue weighted by Gasteiger charge is -2.34. The van der Waals surface area contributed by atoms with Gasteiger partial charge in [0.25, 0.3) is 0 Å². The third-order valence-electron chi connectivity index (χ3n) is 5.83. The van der Waals surface area contributed by atoms with E-state index >= 15 is 0 Å². The first-order valence-corrected chi connectivity index (χ1v) is 12.0. The zero-order valence-electron chi connectivity index (χ0n) is 17.6. The molecule has 1 aliphatic heterocycles. The Morgan fingerprint density at radius 3 is 2.29 bits per heavy atom. The van der Waals surface area contributed by atoms with Gasteiger partial charge in [-0.15, -0.1) is 0 Å². The molecule has 1 N–H and O–H groups in total. The number of ether oxygens (including phenoxy) is 1. The van der Waals surface area contributed by atoms with Crippen LogP contribution in [0.4, 0.5) is 0 Å². The lowest BCUT2D eigenvalue weighted by molar-refractivity contribution is -0.0114. The molecule has 4 rings (SSSR count). The molecule has 0 aliphatic carbocycles. The molecule has 1 fully saturated rings. The third-order valence-corrected chi connectivity index (χ3v) is 7.24. The summed E-state index contributed by atoms with van der Waals surface area (Å²) in [5.74, 6) is 0.0378. The SMILES string of the molecule is Cc1ccc(S(=O)(=O)NC[C@]2(c3ccccc3)OCC[C@@H]2/C=C/c2ccccc2)cc1. The maximum atomic E-state index is 13.0. The number of benzene rings is 3. The Labute approximate surface area is 184 Å². The molecule has 2 atom stereocenters. The van der Waals surface area contributed by atoms with Crippen molar-refractivity contribution in [2.24, 2.45) is 5.92 Å². The Morgan fingerprint density at radius 1 is 0.968 bits per heavy atom. The minimum atomic E-state index is -3.66. The maximum Gasteiger partial charge on any atom is 0.240 e. The smallest absolute Gasteiger partial charge is 0.240 e. The standard InChI is InChI=1S/C26H27NO3S/c1-21-12-16-25(17-13-21)31(28,29)27-20-26(23-10-6-3-7-11-23)24(18-19-30-26)15-14-22-8-4-2-5-9-22/h2-17,24,27H,18-20H2,1H3/b15-14+/t24-,26+/m0/s1. The van der Waals surface area contributed by atoms with Crippen LogP contribution in [-0.2, 0) is 20.4 Å². The molecule has 1 saturated heterocycles. The summed E-state index contributed by atoms with van der Waals surface area (Å²) in [6.07, 6.45) is 5.06. The molecule has 4 nitrogen and oxygen atoms in total. The molecule has 1 heterocycles. The van der Waals surface area contributed by atoms with Crippen molar-refractivity contribution in [2.75, 3.05) is 13.2 Å². The van der Waals surface area contributed by atoms with E-state index in [9.17, 15) is 8.42 Å². The van der Waals surface area contributed by atoms with Gasteiger partial charge >= 0.3 is 0 Å². The molecule has 3 aromatic carbocycles. The van der Waals surface area contributed by atoms with Crippen molar-refractivity contribution in [3.8, 4) is 0 Å². The van der Waals surface area contributed by atoms with Crippen molar-refractivity contribution in [2.45, 2.75) is 23.8 Å². The molecule has 0 amide bonds. The van der Waals surface area contributed by atoms with Gasteiger partial charge in [-0.3, -0.25) is 0 Å². The maximum absolute atomic E-state index is 13.0. The molecule has 0 spiro atoms. The summed E-state index contributed by atoms with van der Waals surface area (Å²) in [7, 11) is -3.66. The van der Waals surface area contributed by atoms with Crippen molar-refractivity contribution in [3.05, 3.63) is 108 Å². The van der Waals surface area contributed by atoms with E-state index in [2.05, 4.69) is 29.0 Å². The van der Waals surface area contributed by atoms with Crippen LogP contribution in [0.3, 0.4) is 0 Å². The molecule has 0 radical (unpaired) electrons. The number of hydrogen-bond donors (Lipinski definition) is 1. The monoisotopic (exact) mass is 433 g/mol. The van der Waals surface area contributed by atoms with Crippen molar-refractivity contribution < 1.29 is 13.2 Å². The molecular weight excluding hydrogens is 406 g/mol. The Balaban J connectivity index is 1.64. The van der Waals surface area contributed by atoms with Crippen LogP contribution in [0.2, 0.25) is 0 Å². The first-order valence-electron chi connectivity index (χ1n) is 10.5. The third kappa shape index (κ3) is 4.79. The molecule has 0 unspecified atom stereocenters. The van der Waals surface area contributed by atoms with E-state index in [1.165, 1.54) is 0 Å². The fourth-order valence-electron chi connectivity index (χ4n) is 4.06. The molecule has 0 bridgehead atoms. The van der Waals surface area contributed by atoms with E-state index in [0.29, 0.717) is 6.61 Å². The second-order valence-electron chi connectivity index (χ2n) is 7.91. The Kier molecular flexibility index (Phi) is 6.37. The van der Waals surface area contributed by atoms with Gasteiger partial charge in [0, 0.05) is 19.1 Å². The molecule has 160 valence electrons. The first kappa shape index (κ1) is 21.5. The Bertz CT molecular complexity index is 1130. The van der Waals surface area contributed by atoms with Gasteiger partial charge in [-0.2, -0.15) is 0 Å². The minimum Gasteiger partial charge on any atom is -0.368 e. The van der Waals surface area contributed by atoms with Crippen molar-refractivity contribution in [1.82, 2.24) is 4.72 Å². The molecule has 3 aromatic rings. The van der Waals surface area contributed by atoms with E-state index in [1.54, 1.807) is 24.3 Å². The summed E-state index contributed by atoms with van der Waals surface area (Å²) in [5, 5.41) is 0. The largest absolute Gasteiger partial charge is 0.368 e. The van der Waals surface area contributed by atoms with Crippen molar-refractivity contribution >= 4 is 16.1 Å². The summed E-state index contributed by atoms with van der Waals surface area (Å²) in [6, 6.07) is 26.9. The highest BCUT2D eigenvalue weighted by Crippen LogP contribution is 2.42. The second-order valence-corrected chi connectivity index (χ2v) is 9.67. The highest BCUT2D eigenvalue weighted by atomic mass is 32.2. The van der Waals surface area contributed by atoms with E-state index < -0.39 is 15.6 Å². The average molecular weight is 434 g/mol. The Morgan fingerprint density at radius 2 is 1.61 bits per heavy atom. The van der Waals surface area contributed by atoms with Gasteiger partial charge in [0.1, 0.15) is 5.60 Å². The summed E-state index contributed by atoms with van der Waals surface area (Å²) in [4.78, 5) is 0.260. The van der Waals surface area contributed by atoms with Crippen LogP contribution in [0, 0.1) is 12.8 Å². The molecule has 0 aromatic heterocycles. The van der Waals surface area contributed by atoms with Gasteiger partial charge < -0.3 is 4.74 Å². The number of rotatable bonds is 7. The normalized spacial score (nSPS) is 21.5. The molecule has 1 aliphatic rings. The van der Waals surface area contributed by atoms with Crippen LogP contribution in [0.5, 0.6) is 0 Å².